The summed E-state index contributed by atoms with van der Waals surface area (Å²) in [4.78, 5) is 11.9. The lowest BCUT2D eigenvalue weighted by molar-refractivity contribution is 0.237. The van der Waals surface area contributed by atoms with E-state index >= 15 is 0 Å². The van der Waals surface area contributed by atoms with Crippen LogP contribution in [0.5, 0.6) is 0 Å². The molecule has 0 heterocycles. The van der Waals surface area contributed by atoms with Gasteiger partial charge < -0.3 is 10.6 Å². The van der Waals surface area contributed by atoms with Crippen molar-refractivity contribution in [2.45, 2.75) is 19.5 Å². The van der Waals surface area contributed by atoms with E-state index in [1.807, 2.05) is 37.3 Å². The Kier molecular flexibility index (Phi) is 5.48. The lowest BCUT2D eigenvalue weighted by Gasteiger charge is -2.15. The molecular formula is C16H16Cl2N2O. The molecule has 0 bridgehead atoms. The van der Waals surface area contributed by atoms with Crippen molar-refractivity contribution in [1.29, 1.82) is 0 Å². The number of benzene rings is 2. The van der Waals surface area contributed by atoms with E-state index in [0.29, 0.717) is 16.6 Å². The maximum Gasteiger partial charge on any atom is 0.315 e. The largest absolute Gasteiger partial charge is 0.334 e. The van der Waals surface area contributed by atoms with Crippen LogP contribution in [0.3, 0.4) is 0 Å². The van der Waals surface area contributed by atoms with Crippen LogP contribution in [0.2, 0.25) is 10.0 Å². The maximum atomic E-state index is 11.9. The first kappa shape index (κ1) is 15.7. The van der Waals surface area contributed by atoms with E-state index in [9.17, 15) is 4.79 Å². The first-order valence-corrected chi connectivity index (χ1v) is 7.35. The predicted octanol–water partition coefficient (Wildman–Crippen LogP) is 4.55. The number of halogens is 2. The van der Waals surface area contributed by atoms with Crippen molar-refractivity contribution in [3.63, 3.8) is 0 Å². The Hall–Kier alpha value is -1.71. The molecule has 0 spiro atoms. The first-order valence-electron chi connectivity index (χ1n) is 6.59. The van der Waals surface area contributed by atoms with Gasteiger partial charge in [0.05, 0.1) is 6.04 Å². The minimum absolute atomic E-state index is 0.103. The summed E-state index contributed by atoms with van der Waals surface area (Å²) in [6.07, 6.45) is 0. The smallest absolute Gasteiger partial charge is 0.315 e. The summed E-state index contributed by atoms with van der Waals surface area (Å²) in [7, 11) is 0. The van der Waals surface area contributed by atoms with Gasteiger partial charge in [0.15, 0.2) is 0 Å². The fourth-order valence-corrected chi connectivity index (χ4v) is 2.23. The van der Waals surface area contributed by atoms with Crippen molar-refractivity contribution in [2.24, 2.45) is 0 Å². The molecule has 0 saturated heterocycles. The molecule has 110 valence electrons. The van der Waals surface area contributed by atoms with Gasteiger partial charge in [0.1, 0.15) is 0 Å². The molecule has 0 unspecified atom stereocenters. The molecule has 2 N–H and O–H groups in total. The molecule has 3 nitrogen and oxygen atoms in total. The van der Waals surface area contributed by atoms with Crippen LogP contribution in [0.25, 0.3) is 0 Å². The summed E-state index contributed by atoms with van der Waals surface area (Å²) in [5.41, 5.74) is 1.88. The fraction of sp³-hybridized carbons (Fsp3) is 0.188. The van der Waals surface area contributed by atoms with Crippen LogP contribution in [-0.4, -0.2) is 6.03 Å². The maximum absolute atomic E-state index is 11.9. The van der Waals surface area contributed by atoms with Gasteiger partial charge in [-0.05, 0) is 36.2 Å². The Morgan fingerprint density at radius 2 is 1.76 bits per heavy atom. The van der Waals surface area contributed by atoms with E-state index in [1.54, 1.807) is 18.2 Å². The van der Waals surface area contributed by atoms with Crippen LogP contribution in [0.4, 0.5) is 4.79 Å². The predicted molar refractivity (Wildman–Crippen MR) is 86.7 cm³/mol. The summed E-state index contributed by atoms with van der Waals surface area (Å²) in [6.45, 7) is 2.30. The summed E-state index contributed by atoms with van der Waals surface area (Å²) >= 11 is 11.9. The highest BCUT2D eigenvalue weighted by Gasteiger charge is 2.09. The number of hydrogen-bond acceptors (Lipinski definition) is 1. The molecule has 0 aliphatic heterocycles. The zero-order chi connectivity index (χ0) is 15.2. The van der Waals surface area contributed by atoms with E-state index < -0.39 is 0 Å². The zero-order valence-corrected chi connectivity index (χ0v) is 13.1. The molecule has 0 saturated carbocycles. The van der Waals surface area contributed by atoms with E-state index in [2.05, 4.69) is 10.6 Å². The van der Waals surface area contributed by atoms with Crippen molar-refractivity contribution in [3.8, 4) is 0 Å². The third-order valence-electron chi connectivity index (χ3n) is 3.11. The molecule has 21 heavy (non-hydrogen) atoms. The Morgan fingerprint density at radius 1 is 1.10 bits per heavy atom. The van der Waals surface area contributed by atoms with Crippen molar-refractivity contribution in [3.05, 3.63) is 69.7 Å². The van der Waals surface area contributed by atoms with Crippen molar-refractivity contribution >= 4 is 29.2 Å². The standard InChI is InChI=1S/C16H16Cl2N2O/c1-11(12-6-8-14(17)9-7-12)20-16(21)19-10-13-4-2-3-5-15(13)18/h2-9,11H,10H2,1H3,(H2,19,20,21)/t11-/m0/s1. The summed E-state index contributed by atoms with van der Waals surface area (Å²) < 4.78 is 0. The molecule has 0 aliphatic rings. The summed E-state index contributed by atoms with van der Waals surface area (Å²) in [5, 5.41) is 6.98. The third kappa shape index (κ3) is 4.66. The Morgan fingerprint density at radius 3 is 2.43 bits per heavy atom. The van der Waals surface area contributed by atoms with Gasteiger partial charge in [0.25, 0.3) is 0 Å². The van der Waals surface area contributed by atoms with Gasteiger partial charge in [-0.1, -0.05) is 53.5 Å². The first-order chi connectivity index (χ1) is 10.1. The molecule has 0 aliphatic carbocycles. The highest BCUT2D eigenvalue weighted by atomic mass is 35.5. The van der Waals surface area contributed by atoms with Crippen LogP contribution < -0.4 is 10.6 Å². The lowest BCUT2D eigenvalue weighted by atomic mass is 10.1. The second-order valence-electron chi connectivity index (χ2n) is 4.69. The number of carbonyl (C=O) groups excluding carboxylic acids is 1. The molecule has 0 fully saturated rings. The number of urea groups is 1. The van der Waals surface area contributed by atoms with Gasteiger partial charge in [-0.25, -0.2) is 4.79 Å². The van der Waals surface area contributed by atoms with Gasteiger partial charge in [-0.3, -0.25) is 0 Å². The normalized spacial score (nSPS) is 11.8. The van der Waals surface area contributed by atoms with Crippen molar-refractivity contribution in [1.82, 2.24) is 10.6 Å². The number of hydrogen-bond donors (Lipinski definition) is 2. The van der Waals surface area contributed by atoms with Gasteiger partial charge in [-0.2, -0.15) is 0 Å². The molecule has 2 rings (SSSR count). The Bertz CT molecular complexity index is 614. The topological polar surface area (TPSA) is 41.1 Å². The summed E-state index contributed by atoms with van der Waals surface area (Å²) in [6, 6.07) is 14.5. The number of carbonyl (C=O) groups is 1. The molecule has 1 atom stereocenters. The highest BCUT2D eigenvalue weighted by molar-refractivity contribution is 6.31. The molecule has 5 heteroatoms. The van der Waals surface area contributed by atoms with E-state index in [1.165, 1.54) is 0 Å². The minimum Gasteiger partial charge on any atom is -0.334 e. The molecule has 2 aromatic carbocycles. The fourth-order valence-electron chi connectivity index (χ4n) is 1.90. The molecule has 2 aromatic rings. The number of nitrogens with one attached hydrogen (secondary N) is 2. The second kappa shape index (κ2) is 7.34. The van der Waals surface area contributed by atoms with Gasteiger partial charge in [0, 0.05) is 16.6 Å². The SMILES string of the molecule is C[C@H](NC(=O)NCc1ccccc1Cl)c1ccc(Cl)cc1. The van der Waals surface area contributed by atoms with Crippen LogP contribution in [-0.2, 0) is 6.54 Å². The van der Waals surface area contributed by atoms with Crippen LogP contribution >= 0.6 is 23.2 Å². The van der Waals surface area contributed by atoms with Gasteiger partial charge in [-0.15, -0.1) is 0 Å². The van der Waals surface area contributed by atoms with Crippen LogP contribution in [0.1, 0.15) is 24.1 Å². The van der Waals surface area contributed by atoms with Crippen LogP contribution in [0, 0.1) is 0 Å². The van der Waals surface area contributed by atoms with E-state index in [-0.39, 0.29) is 12.1 Å². The van der Waals surface area contributed by atoms with Crippen molar-refractivity contribution in [2.75, 3.05) is 0 Å². The highest BCUT2D eigenvalue weighted by Crippen LogP contribution is 2.16. The van der Waals surface area contributed by atoms with E-state index in [0.717, 1.165) is 11.1 Å². The minimum atomic E-state index is -0.239. The Balaban J connectivity index is 1.87. The average Bonchev–Trinajstić information content (AvgIpc) is 2.47. The van der Waals surface area contributed by atoms with Gasteiger partial charge in [0.2, 0.25) is 0 Å². The molecule has 2 amide bonds. The number of amides is 2. The van der Waals surface area contributed by atoms with E-state index in [4.69, 9.17) is 23.2 Å². The quantitative estimate of drug-likeness (QED) is 0.851. The summed E-state index contributed by atoms with van der Waals surface area (Å²) in [5.74, 6) is 0. The van der Waals surface area contributed by atoms with Gasteiger partial charge >= 0.3 is 6.03 Å². The average molecular weight is 323 g/mol. The molecule has 0 aromatic heterocycles. The van der Waals surface area contributed by atoms with Crippen molar-refractivity contribution < 1.29 is 4.79 Å². The second-order valence-corrected chi connectivity index (χ2v) is 5.54. The Labute approximate surface area is 134 Å². The zero-order valence-electron chi connectivity index (χ0n) is 11.6. The molecular weight excluding hydrogens is 307 g/mol. The van der Waals surface area contributed by atoms with Crippen LogP contribution in [0.15, 0.2) is 48.5 Å². The third-order valence-corrected chi connectivity index (χ3v) is 3.74. The monoisotopic (exact) mass is 322 g/mol. The molecule has 0 radical (unpaired) electrons. The number of rotatable bonds is 4. The lowest BCUT2D eigenvalue weighted by Crippen LogP contribution is -2.36.